The van der Waals surface area contributed by atoms with Gasteiger partial charge in [0, 0.05) is 13.1 Å². The smallest absolute Gasteiger partial charge is 0.239 e. The standard InChI is InChI=1S/C15H30N2O/c1-11(2)5-6-13-7-9-17(10-8-13)15(18)14(16)12(3)4/h11-14H,5-10,16H2,1-4H3/t14-/m0/s1. The lowest BCUT2D eigenvalue weighted by Gasteiger charge is -2.34. The number of likely N-dealkylation sites (tertiary alicyclic amines) is 1. The molecule has 0 spiro atoms. The van der Waals surface area contributed by atoms with Crippen molar-refractivity contribution in [2.45, 2.75) is 59.4 Å². The molecule has 0 aromatic rings. The zero-order valence-corrected chi connectivity index (χ0v) is 12.5. The van der Waals surface area contributed by atoms with Crippen molar-refractivity contribution >= 4 is 5.91 Å². The topological polar surface area (TPSA) is 46.3 Å². The van der Waals surface area contributed by atoms with Gasteiger partial charge in [0.15, 0.2) is 0 Å². The third-order valence-electron chi connectivity index (χ3n) is 4.08. The highest BCUT2D eigenvalue weighted by molar-refractivity contribution is 5.82. The van der Waals surface area contributed by atoms with E-state index in [9.17, 15) is 4.79 Å². The molecular weight excluding hydrogens is 224 g/mol. The molecule has 1 aliphatic heterocycles. The highest BCUT2D eigenvalue weighted by Gasteiger charge is 2.27. The zero-order valence-electron chi connectivity index (χ0n) is 12.5. The third-order valence-corrected chi connectivity index (χ3v) is 4.08. The Labute approximate surface area is 112 Å². The Hall–Kier alpha value is -0.570. The molecule has 1 amide bonds. The lowest BCUT2D eigenvalue weighted by atomic mass is 9.89. The van der Waals surface area contributed by atoms with Gasteiger partial charge in [0.2, 0.25) is 5.91 Å². The van der Waals surface area contributed by atoms with Crippen LogP contribution < -0.4 is 5.73 Å². The van der Waals surface area contributed by atoms with E-state index in [1.54, 1.807) is 0 Å². The van der Waals surface area contributed by atoms with Gasteiger partial charge in [-0.3, -0.25) is 4.79 Å². The van der Waals surface area contributed by atoms with E-state index in [0.717, 1.165) is 37.8 Å². The summed E-state index contributed by atoms with van der Waals surface area (Å²) in [5, 5.41) is 0. The number of piperidine rings is 1. The Bertz CT molecular complexity index is 255. The minimum absolute atomic E-state index is 0.146. The number of carbonyl (C=O) groups is 1. The van der Waals surface area contributed by atoms with Crippen LogP contribution in [0.3, 0.4) is 0 Å². The number of carbonyl (C=O) groups excluding carboxylic acids is 1. The molecule has 0 unspecified atom stereocenters. The Morgan fingerprint density at radius 3 is 2.22 bits per heavy atom. The fraction of sp³-hybridized carbons (Fsp3) is 0.933. The summed E-state index contributed by atoms with van der Waals surface area (Å²) in [5.74, 6) is 1.98. The van der Waals surface area contributed by atoms with E-state index in [2.05, 4.69) is 13.8 Å². The first-order chi connectivity index (χ1) is 8.41. The zero-order chi connectivity index (χ0) is 13.7. The summed E-state index contributed by atoms with van der Waals surface area (Å²) in [6.07, 6.45) is 4.94. The molecule has 1 heterocycles. The molecule has 0 saturated carbocycles. The molecule has 0 bridgehead atoms. The van der Waals surface area contributed by atoms with Crippen LogP contribution in [0.2, 0.25) is 0 Å². The van der Waals surface area contributed by atoms with E-state index in [0.29, 0.717) is 0 Å². The Kier molecular flexibility index (Phi) is 6.13. The van der Waals surface area contributed by atoms with Gasteiger partial charge in [0.05, 0.1) is 6.04 Å². The lowest BCUT2D eigenvalue weighted by molar-refractivity contribution is -0.135. The van der Waals surface area contributed by atoms with Gasteiger partial charge >= 0.3 is 0 Å². The van der Waals surface area contributed by atoms with Crippen molar-refractivity contribution in [2.75, 3.05) is 13.1 Å². The molecule has 0 aromatic heterocycles. The SMILES string of the molecule is CC(C)CCC1CCN(C(=O)[C@@H](N)C(C)C)CC1. The first-order valence-electron chi connectivity index (χ1n) is 7.46. The van der Waals surface area contributed by atoms with Gasteiger partial charge in [-0.2, -0.15) is 0 Å². The molecule has 1 saturated heterocycles. The average Bonchev–Trinajstić information content (AvgIpc) is 2.35. The molecule has 18 heavy (non-hydrogen) atoms. The summed E-state index contributed by atoms with van der Waals surface area (Å²) in [5.41, 5.74) is 5.93. The Balaban J connectivity index is 2.32. The van der Waals surface area contributed by atoms with Crippen LogP contribution in [0.15, 0.2) is 0 Å². The molecular formula is C15H30N2O. The van der Waals surface area contributed by atoms with Crippen molar-refractivity contribution in [3.05, 3.63) is 0 Å². The van der Waals surface area contributed by atoms with Crippen LogP contribution in [-0.2, 0) is 4.79 Å². The molecule has 2 N–H and O–H groups in total. The summed E-state index contributed by atoms with van der Waals surface area (Å²) in [6, 6.07) is -0.322. The number of nitrogens with zero attached hydrogens (tertiary/aromatic N) is 1. The molecule has 0 radical (unpaired) electrons. The fourth-order valence-electron chi connectivity index (χ4n) is 2.51. The molecule has 0 aliphatic carbocycles. The van der Waals surface area contributed by atoms with Gasteiger partial charge in [-0.15, -0.1) is 0 Å². The average molecular weight is 254 g/mol. The molecule has 1 atom stereocenters. The minimum Gasteiger partial charge on any atom is -0.341 e. The predicted molar refractivity (Wildman–Crippen MR) is 76.2 cm³/mol. The van der Waals surface area contributed by atoms with E-state index in [1.807, 2.05) is 18.7 Å². The van der Waals surface area contributed by atoms with Gasteiger partial charge in [-0.1, -0.05) is 40.5 Å². The summed E-state index contributed by atoms with van der Waals surface area (Å²) >= 11 is 0. The van der Waals surface area contributed by atoms with Crippen molar-refractivity contribution in [2.24, 2.45) is 23.5 Å². The second-order valence-corrected chi connectivity index (χ2v) is 6.51. The highest BCUT2D eigenvalue weighted by Crippen LogP contribution is 2.24. The molecule has 1 aliphatic rings. The number of rotatable bonds is 5. The first kappa shape index (κ1) is 15.5. The maximum Gasteiger partial charge on any atom is 0.239 e. The van der Waals surface area contributed by atoms with Crippen molar-refractivity contribution in [3.8, 4) is 0 Å². The predicted octanol–water partition coefficient (Wildman–Crippen LogP) is 2.64. The van der Waals surface area contributed by atoms with Crippen molar-refractivity contribution < 1.29 is 4.79 Å². The van der Waals surface area contributed by atoms with Crippen molar-refractivity contribution in [1.29, 1.82) is 0 Å². The van der Waals surface area contributed by atoms with Gasteiger partial charge in [-0.05, 0) is 30.6 Å². The van der Waals surface area contributed by atoms with Crippen LogP contribution in [0.1, 0.15) is 53.4 Å². The molecule has 3 heteroatoms. The van der Waals surface area contributed by atoms with E-state index >= 15 is 0 Å². The second-order valence-electron chi connectivity index (χ2n) is 6.51. The first-order valence-corrected chi connectivity index (χ1v) is 7.46. The summed E-state index contributed by atoms with van der Waals surface area (Å²) in [4.78, 5) is 14.1. The van der Waals surface area contributed by atoms with Gasteiger partial charge in [0.1, 0.15) is 0 Å². The molecule has 3 nitrogen and oxygen atoms in total. The van der Waals surface area contributed by atoms with Crippen LogP contribution in [0.25, 0.3) is 0 Å². The normalized spacial score (nSPS) is 19.6. The number of hydrogen-bond donors (Lipinski definition) is 1. The van der Waals surface area contributed by atoms with Crippen LogP contribution in [0.4, 0.5) is 0 Å². The molecule has 106 valence electrons. The Morgan fingerprint density at radius 1 is 1.22 bits per heavy atom. The second kappa shape index (κ2) is 7.13. The molecule has 1 rings (SSSR count). The van der Waals surface area contributed by atoms with E-state index < -0.39 is 0 Å². The summed E-state index contributed by atoms with van der Waals surface area (Å²) in [7, 11) is 0. The van der Waals surface area contributed by atoms with Gasteiger partial charge < -0.3 is 10.6 Å². The quantitative estimate of drug-likeness (QED) is 0.820. The van der Waals surface area contributed by atoms with Gasteiger partial charge in [0.25, 0.3) is 0 Å². The van der Waals surface area contributed by atoms with E-state index in [1.165, 1.54) is 12.8 Å². The van der Waals surface area contributed by atoms with Crippen LogP contribution >= 0.6 is 0 Å². The largest absolute Gasteiger partial charge is 0.341 e. The Morgan fingerprint density at radius 2 is 1.78 bits per heavy atom. The number of amides is 1. The molecule has 0 aromatic carbocycles. The number of nitrogens with two attached hydrogens (primary N) is 1. The maximum absolute atomic E-state index is 12.1. The van der Waals surface area contributed by atoms with Crippen LogP contribution in [-0.4, -0.2) is 29.9 Å². The van der Waals surface area contributed by atoms with Crippen molar-refractivity contribution in [3.63, 3.8) is 0 Å². The van der Waals surface area contributed by atoms with Crippen LogP contribution in [0, 0.1) is 17.8 Å². The van der Waals surface area contributed by atoms with E-state index in [4.69, 9.17) is 5.73 Å². The number of hydrogen-bond acceptors (Lipinski definition) is 2. The van der Waals surface area contributed by atoms with E-state index in [-0.39, 0.29) is 17.9 Å². The fourth-order valence-corrected chi connectivity index (χ4v) is 2.51. The van der Waals surface area contributed by atoms with Gasteiger partial charge in [-0.25, -0.2) is 0 Å². The monoisotopic (exact) mass is 254 g/mol. The molecule has 1 fully saturated rings. The lowest BCUT2D eigenvalue weighted by Crippen LogP contribution is -2.49. The maximum atomic E-state index is 12.1. The van der Waals surface area contributed by atoms with Crippen LogP contribution in [0.5, 0.6) is 0 Å². The highest BCUT2D eigenvalue weighted by atomic mass is 16.2. The summed E-state index contributed by atoms with van der Waals surface area (Å²) in [6.45, 7) is 10.4. The van der Waals surface area contributed by atoms with Crippen molar-refractivity contribution in [1.82, 2.24) is 4.90 Å². The minimum atomic E-state index is -0.322. The third kappa shape index (κ3) is 4.60. The summed E-state index contributed by atoms with van der Waals surface area (Å²) < 4.78 is 0.